The Morgan fingerprint density at radius 2 is 1.74 bits per heavy atom. The Morgan fingerprint density at radius 3 is 2.39 bits per heavy atom. The van der Waals surface area contributed by atoms with E-state index in [-0.39, 0.29) is 17.7 Å². The number of anilines is 1. The van der Waals surface area contributed by atoms with Gasteiger partial charge in [0, 0.05) is 11.3 Å². The summed E-state index contributed by atoms with van der Waals surface area (Å²) in [7, 11) is 0. The predicted molar refractivity (Wildman–Crippen MR) is 77.2 cm³/mol. The van der Waals surface area contributed by atoms with Gasteiger partial charge in [0.25, 0.3) is 5.91 Å². The van der Waals surface area contributed by atoms with E-state index in [0.717, 1.165) is 18.2 Å². The first-order valence-electron chi connectivity index (χ1n) is 6.55. The maximum atomic E-state index is 12.7. The van der Waals surface area contributed by atoms with Crippen LogP contribution in [-0.2, 0) is 17.4 Å². The lowest BCUT2D eigenvalue weighted by molar-refractivity contribution is -0.138. The molecule has 2 rings (SSSR count). The van der Waals surface area contributed by atoms with Gasteiger partial charge < -0.3 is 10.4 Å². The van der Waals surface area contributed by atoms with Crippen LogP contribution >= 0.6 is 0 Å². The molecular formula is C16H12F3NO3. The van der Waals surface area contributed by atoms with E-state index < -0.39 is 23.6 Å². The Bertz CT molecular complexity index is 741. The molecule has 0 fully saturated rings. The fourth-order valence-electron chi connectivity index (χ4n) is 1.99. The first kappa shape index (κ1) is 16.5. The average Bonchev–Trinajstić information content (AvgIpc) is 2.48. The van der Waals surface area contributed by atoms with Crippen LogP contribution < -0.4 is 5.32 Å². The van der Waals surface area contributed by atoms with Crippen LogP contribution in [-0.4, -0.2) is 17.0 Å². The molecule has 0 aromatic heterocycles. The van der Waals surface area contributed by atoms with Gasteiger partial charge in [0.1, 0.15) is 0 Å². The molecule has 2 aromatic rings. The van der Waals surface area contributed by atoms with Crippen molar-refractivity contribution in [2.24, 2.45) is 0 Å². The van der Waals surface area contributed by atoms with Crippen molar-refractivity contribution in [3.05, 3.63) is 65.2 Å². The van der Waals surface area contributed by atoms with E-state index in [2.05, 4.69) is 5.32 Å². The number of amides is 1. The highest BCUT2D eigenvalue weighted by molar-refractivity contribution is 6.05. The van der Waals surface area contributed by atoms with E-state index in [1.165, 1.54) is 18.2 Å². The third-order valence-electron chi connectivity index (χ3n) is 3.06. The number of carboxylic acids is 1. The molecule has 0 aliphatic rings. The molecule has 0 heterocycles. The topological polar surface area (TPSA) is 66.4 Å². The summed E-state index contributed by atoms with van der Waals surface area (Å²) in [4.78, 5) is 22.9. The number of alkyl halides is 3. The summed E-state index contributed by atoms with van der Waals surface area (Å²) in [5.41, 5.74) is -0.480. The third kappa shape index (κ3) is 4.32. The maximum absolute atomic E-state index is 12.7. The molecule has 0 radical (unpaired) electrons. The van der Waals surface area contributed by atoms with Gasteiger partial charge in [-0.3, -0.25) is 9.59 Å². The monoisotopic (exact) mass is 323 g/mol. The lowest BCUT2D eigenvalue weighted by atomic mass is 10.1. The fourth-order valence-corrected chi connectivity index (χ4v) is 1.99. The second-order valence-electron chi connectivity index (χ2n) is 4.76. The zero-order valence-corrected chi connectivity index (χ0v) is 11.7. The molecule has 0 atom stereocenters. The van der Waals surface area contributed by atoms with Gasteiger partial charge in [-0.25, -0.2) is 0 Å². The smallest absolute Gasteiger partial charge is 0.416 e. The van der Waals surface area contributed by atoms with Gasteiger partial charge >= 0.3 is 12.1 Å². The second-order valence-corrected chi connectivity index (χ2v) is 4.76. The number of rotatable bonds is 4. The lowest BCUT2D eigenvalue weighted by Gasteiger charge is -2.11. The molecule has 0 aliphatic heterocycles. The van der Waals surface area contributed by atoms with Crippen LogP contribution in [0.2, 0.25) is 0 Å². The van der Waals surface area contributed by atoms with E-state index in [4.69, 9.17) is 5.11 Å². The molecule has 0 unspecified atom stereocenters. The Balaban J connectivity index is 2.25. The van der Waals surface area contributed by atoms with Crippen LogP contribution in [0.15, 0.2) is 48.5 Å². The minimum absolute atomic E-state index is 0.162. The number of hydrogen-bond donors (Lipinski definition) is 2. The average molecular weight is 323 g/mol. The number of nitrogens with one attached hydrogen (secondary N) is 1. The Morgan fingerprint density at radius 1 is 1.04 bits per heavy atom. The van der Waals surface area contributed by atoms with E-state index in [9.17, 15) is 22.8 Å². The molecule has 0 spiro atoms. The number of aliphatic carboxylic acids is 1. The second kappa shape index (κ2) is 6.51. The van der Waals surface area contributed by atoms with Gasteiger partial charge in [0.15, 0.2) is 0 Å². The minimum atomic E-state index is -4.54. The first-order chi connectivity index (χ1) is 10.8. The number of para-hydroxylation sites is 1. The summed E-state index contributed by atoms with van der Waals surface area (Å²) >= 11 is 0. The molecule has 0 saturated carbocycles. The fraction of sp³-hybridized carbons (Fsp3) is 0.125. The molecule has 2 N–H and O–H groups in total. The van der Waals surface area contributed by atoms with Crippen molar-refractivity contribution in [3.8, 4) is 0 Å². The quantitative estimate of drug-likeness (QED) is 0.904. The summed E-state index contributed by atoms with van der Waals surface area (Å²) in [6.07, 6.45) is -4.85. The lowest BCUT2D eigenvalue weighted by Crippen LogP contribution is -2.15. The maximum Gasteiger partial charge on any atom is 0.416 e. The number of hydrogen-bond acceptors (Lipinski definition) is 2. The largest absolute Gasteiger partial charge is 0.481 e. The highest BCUT2D eigenvalue weighted by atomic mass is 19.4. The molecule has 0 saturated heterocycles. The molecular weight excluding hydrogens is 311 g/mol. The van der Waals surface area contributed by atoms with Crippen molar-refractivity contribution in [1.82, 2.24) is 0 Å². The van der Waals surface area contributed by atoms with Crippen LogP contribution in [0.1, 0.15) is 21.5 Å². The highest BCUT2D eigenvalue weighted by Crippen LogP contribution is 2.29. The van der Waals surface area contributed by atoms with Crippen LogP contribution in [0, 0.1) is 0 Å². The predicted octanol–water partition coefficient (Wildman–Crippen LogP) is 3.58. The first-order valence-corrected chi connectivity index (χ1v) is 6.55. The Labute approximate surface area is 129 Å². The van der Waals surface area contributed by atoms with Gasteiger partial charge in [-0.15, -0.1) is 0 Å². The number of carbonyl (C=O) groups is 2. The molecule has 7 heteroatoms. The van der Waals surface area contributed by atoms with Crippen LogP contribution in [0.5, 0.6) is 0 Å². The van der Waals surface area contributed by atoms with E-state index in [1.807, 2.05) is 0 Å². The molecule has 0 bridgehead atoms. The Kier molecular flexibility index (Phi) is 4.68. The van der Waals surface area contributed by atoms with Crippen molar-refractivity contribution < 1.29 is 27.9 Å². The molecule has 1 amide bonds. The third-order valence-corrected chi connectivity index (χ3v) is 3.06. The van der Waals surface area contributed by atoms with Crippen LogP contribution in [0.4, 0.5) is 18.9 Å². The van der Waals surface area contributed by atoms with Crippen molar-refractivity contribution in [2.45, 2.75) is 12.6 Å². The number of carboxylic acid groups (broad SMARTS) is 1. The highest BCUT2D eigenvalue weighted by Gasteiger charge is 2.30. The van der Waals surface area contributed by atoms with Gasteiger partial charge in [0.2, 0.25) is 0 Å². The van der Waals surface area contributed by atoms with Gasteiger partial charge in [-0.2, -0.15) is 13.2 Å². The van der Waals surface area contributed by atoms with Crippen molar-refractivity contribution >= 4 is 17.6 Å². The minimum Gasteiger partial charge on any atom is -0.481 e. The van der Waals surface area contributed by atoms with Gasteiger partial charge in [0.05, 0.1) is 12.0 Å². The summed E-state index contributed by atoms with van der Waals surface area (Å²) in [5.74, 6) is -1.82. The number of benzene rings is 2. The standard InChI is InChI=1S/C16H12F3NO3/c17-16(18,19)12-6-3-5-11(8-12)15(23)20-13-7-2-1-4-10(13)9-14(21)22/h1-8H,9H2,(H,20,23)(H,21,22). The summed E-state index contributed by atoms with van der Waals surface area (Å²) in [6.45, 7) is 0. The molecule has 2 aromatic carbocycles. The van der Waals surface area contributed by atoms with E-state index in [0.29, 0.717) is 5.56 Å². The van der Waals surface area contributed by atoms with E-state index >= 15 is 0 Å². The Hall–Kier alpha value is -2.83. The summed E-state index contributed by atoms with van der Waals surface area (Å²) in [6, 6.07) is 10.2. The molecule has 0 aliphatic carbocycles. The number of halogens is 3. The van der Waals surface area contributed by atoms with E-state index in [1.54, 1.807) is 12.1 Å². The molecule has 4 nitrogen and oxygen atoms in total. The van der Waals surface area contributed by atoms with Crippen molar-refractivity contribution in [2.75, 3.05) is 5.32 Å². The zero-order chi connectivity index (χ0) is 17.0. The van der Waals surface area contributed by atoms with Crippen molar-refractivity contribution in [1.29, 1.82) is 0 Å². The summed E-state index contributed by atoms with van der Waals surface area (Å²) in [5, 5.41) is 11.3. The van der Waals surface area contributed by atoms with Gasteiger partial charge in [-0.05, 0) is 29.8 Å². The molecule has 23 heavy (non-hydrogen) atoms. The van der Waals surface area contributed by atoms with Crippen LogP contribution in [0.3, 0.4) is 0 Å². The normalized spacial score (nSPS) is 11.1. The SMILES string of the molecule is O=C(O)Cc1ccccc1NC(=O)c1cccc(C(F)(F)F)c1. The molecule has 120 valence electrons. The number of carbonyl (C=O) groups excluding carboxylic acids is 1. The zero-order valence-electron chi connectivity index (χ0n) is 11.7. The van der Waals surface area contributed by atoms with Crippen molar-refractivity contribution in [3.63, 3.8) is 0 Å². The van der Waals surface area contributed by atoms with Crippen LogP contribution in [0.25, 0.3) is 0 Å². The summed E-state index contributed by atoms with van der Waals surface area (Å²) < 4.78 is 38.0. The van der Waals surface area contributed by atoms with Gasteiger partial charge in [-0.1, -0.05) is 24.3 Å².